The topological polar surface area (TPSA) is 60.9 Å². The van der Waals surface area contributed by atoms with Gasteiger partial charge in [-0.25, -0.2) is 0 Å². The van der Waals surface area contributed by atoms with Gasteiger partial charge in [0.1, 0.15) is 0 Å². The summed E-state index contributed by atoms with van der Waals surface area (Å²) in [6.07, 6.45) is -0.0593. The van der Waals surface area contributed by atoms with Gasteiger partial charge in [-0.2, -0.15) is 0 Å². The SMILES string of the molecule is CN1C(=O)CC(N2CC(O)C2)C1=O. The molecule has 13 heavy (non-hydrogen) atoms. The van der Waals surface area contributed by atoms with Crippen molar-refractivity contribution >= 4 is 11.8 Å². The molecule has 0 bridgehead atoms. The van der Waals surface area contributed by atoms with Crippen molar-refractivity contribution in [2.24, 2.45) is 0 Å². The number of rotatable bonds is 1. The van der Waals surface area contributed by atoms with Crippen LogP contribution in [-0.4, -0.2) is 59.0 Å². The van der Waals surface area contributed by atoms with Crippen LogP contribution in [0, 0.1) is 0 Å². The minimum atomic E-state index is -0.325. The Kier molecular flexibility index (Phi) is 1.85. The highest BCUT2D eigenvalue weighted by Gasteiger charge is 2.43. The first kappa shape index (κ1) is 8.65. The van der Waals surface area contributed by atoms with Crippen LogP contribution in [0.25, 0.3) is 0 Å². The zero-order chi connectivity index (χ0) is 9.59. The van der Waals surface area contributed by atoms with E-state index < -0.39 is 0 Å². The molecule has 1 atom stereocenters. The van der Waals surface area contributed by atoms with E-state index in [1.54, 1.807) is 0 Å². The Labute approximate surface area is 75.9 Å². The van der Waals surface area contributed by atoms with E-state index in [2.05, 4.69) is 0 Å². The molecule has 2 amide bonds. The smallest absolute Gasteiger partial charge is 0.246 e. The summed E-state index contributed by atoms with van der Waals surface area (Å²) in [4.78, 5) is 25.6. The van der Waals surface area contributed by atoms with Crippen molar-refractivity contribution in [1.82, 2.24) is 9.80 Å². The third-order valence-corrected chi connectivity index (χ3v) is 2.69. The second-order valence-electron chi connectivity index (χ2n) is 3.62. The summed E-state index contributed by atoms with van der Waals surface area (Å²) in [5, 5.41) is 9.05. The van der Waals surface area contributed by atoms with Crippen molar-refractivity contribution in [3.8, 4) is 0 Å². The molecule has 0 aromatic heterocycles. The summed E-state index contributed by atoms with van der Waals surface area (Å²) in [5.74, 6) is -0.270. The second-order valence-corrected chi connectivity index (χ2v) is 3.62. The maximum Gasteiger partial charge on any atom is 0.246 e. The minimum absolute atomic E-state index is 0.128. The molecule has 2 aliphatic heterocycles. The fourth-order valence-corrected chi connectivity index (χ4v) is 1.76. The highest BCUT2D eigenvalue weighted by Crippen LogP contribution is 2.21. The number of imide groups is 1. The lowest BCUT2D eigenvalue weighted by Gasteiger charge is -2.38. The van der Waals surface area contributed by atoms with Gasteiger partial charge in [-0.15, -0.1) is 0 Å². The number of β-amino-alcohol motifs (C(OH)–C–C–N with tert-alkyl or cyclic N) is 1. The van der Waals surface area contributed by atoms with Crippen LogP contribution in [0.5, 0.6) is 0 Å². The van der Waals surface area contributed by atoms with Crippen LogP contribution in [0.3, 0.4) is 0 Å². The van der Waals surface area contributed by atoms with Gasteiger partial charge in [-0.3, -0.25) is 19.4 Å². The van der Waals surface area contributed by atoms with Crippen molar-refractivity contribution in [3.05, 3.63) is 0 Å². The van der Waals surface area contributed by atoms with Gasteiger partial charge in [0.15, 0.2) is 0 Å². The summed E-state index contributed by atoms with van der Waals surface area (Å²) in [6.45, 7) is 1.02. The highest BCUT2D eigenvalue weighted by atomic mass is 16.3. The monoisotopic (exact) mass is 184 g/mol. The normalized spacial score (nSPS) is 31.2. The van der Waals surface area contributed by atoms with Crippen molar-refractivity contribution in [3.63, 3.8) is 0 Å². The second kappa shape index (κ2) is 2.78. The lowest BCUT2D eigenvalue weighted by atomic mass is 10.1. The third-order valence-electron chi connectivity index (χ3n) is 2.69. The molecule has 72 valence electrons. The number of likely N-dealkylation sites (N-methyl/N-ethyl adjacent to an activating group) is 1. The summed E-state index contributed by atoms with van der Waals surface area (Å²) >= 11 is 0. The number of carbonyl (C=O) groups is 2. The van der Waals surface area contributed by atoms with Crippen LogP contribution >= 0.6 is 0 Å². The van der Waals surface area contributed by atoms with Crippen LogP contribution in [0.15, 0.2) is 0 Å². The van der Waals surface area contributed by atoms with Gasteiger partial charge >= 0.3 is 0 Å². The average Bonchev–Trinajstić information content (AvgIpc) is 2.27. The van der Waals surface area contributed by atoms with E-state index in [4.69, 9.17) is 5.11 Å². The molecule has 2 heterocycles. The van der Waals surface area contributed by atoms with E-state index in [1.807, 2.05) is 4.90 Å². The Morgan fingerprint density at radius 3 is 2.38 bits per heavy atom. The molecule has 0 aromatic rings. The molecule has 0 saturated carbocycles. The molecular weight excluding hydrogens is 172 g/mol. The van der Waals surface area contributed by atoms with Crippen molar-refractivity contribution in [2.75, 3.05) is 20.1 Å². The molecule has 0 spiro atoms. The van der Waals surface area contributed by atoms with E-state index in [-0.39, 0.29) is 30.4 Å². The number of carbonyl (C=O) groups excluding carboxylic acids is 2. The fourth-order valence-electron chi connectivity index (χ4n) is 1.76. The van der Waals surface area contributed by atoms with Gasteiger partial charge in [0.05, 0.1) is 18.6 Å². The molecule has 1 unspecified atom stereocenters. The van der Waals surface area contributed by atoms with Crippen LogP contribution < -0.4 is 0 Å². The number of aliphatic hydroxyl groups is 1. The number of likely N-dealkylation sites (tertiary alicyclic amines) is 2. The van der Waals surface area contributed by atoms with Gasteiger partial charge in [0.25, 0.3) is 0 Å². The van der Waals surface area contributed by atoms with E-state index >= 15 is 0 Å². The molecule has 5 heteroatoms. The van der Waals surface area contributed by atoms with E-state index in [0.29, 0.717) is 13.1 Å². The van der Waals surface area contributed by atoms with Crippen molar-refractivity contribution in [1.29, 1.82) is 0 Å². The first-order chi connectivity index (χ1) is 6.09. The van der Waals surface area contributed by atoms with Gasteiger partial charge in [-0.05, 0) is 0 Å². The van der Waals surface area contributed by atoms with Crippen LogP contribution in [-0.2, 0) is 9.59 Å². The first-order valence-electron chi connectivity index (χ1n) is 4.32. The largest absolute Gasteiger partial charge is 0.390 e. The number of hydrogen-bond acceptors (Lipinski definition) is 4. The maximum absolute atomic E-state index is 11.4. The quantitative estimate of drug-likeness (QED) is 0.500. The summed E-state index contributed by atoms with van der Waals surface area (Å²) < 4.78 is 0. The Bertz CT molecular complexity index is 260. The molecule has 2 aliphatic rings. The fraction of sp³-hybridized carbons (Fsp3) is 0.750. The lowest BCUT2D eigenvalue weighted by molar-refractivity contribution is -0.139. The van der Waals surface area contributed by atoms with Gasteiger partial charge in [0.2, 0.25) is 11.8 Å². The number of hydrogen-bond donors (Lipinski definition) is 1. The maximum atomic E-state index is 11.4. The highest BCUT2D eigenvalue weighted by molar-refractivity contribution is 6.05. The van der Waals surface area contributed by atoms with Crippen molar-refractivity contribution < 1.29 is 14.7 Å². The predicted octanol–water partition coefficient (Wildman–Crippen LogP) is -1.58. The Morgan fingerprint density at radius 2 is 2.00 bits per heavy atom. The zero-order valence-corrected chi connectivity index (χ0v) is 7.43. The molecule has 0 radical (unpaired) electrons. The first-order valence-corrected chi connectivity index (χ1v) is 4.32. The summed E-state index contributed by atoms with van der Waals surface area (Å²) in [7, 11) is 1.50. The van der Waals surface area contributed by atoms with Crippen LogP contribution in [0.4, 0.5) is 0 Å². The lowest BCUT2D eigenvalue weighted by Crippen LogP contribution is -2.57. The van der Waals surface area contributed by atoms with Crippen LogP contribution in [0.2, 0.25) is 0 Å². The molecule has 1 N–H and O–H groups in total. The zero-order valence-electron chi connectivity index (χ0n) is 7.43. The minimum Gasteiger partial charge on any atom is -0.390 e. The van der Waals surface area contributed by atoms with Gasteiger partial charge in [-0.1, -0.05) is 0 Å². The Balaban J connectivity index is 2.02. The van der Waals surface area contributed by atoms with E-state index in [1.165, 1.54) is 7.05 Å². The van der Waals surface area contributed by atoms with Gasteiger partial charge < -0.3 is 5.11 Å². The average molecular weight is 184 g/mol. The number of aliphatic hydroxyl groups excluding tert-OH is 1. The van der Waals surface area contributed by atoms with E-state index in [9.17, 15) is 9.59 Å². The van der Waals surface area contributed by atoms with Gasteiger partial charge in [0, 0.05) is 20.1 Å². The van der Waals surface area contributed by atoms with E-state index in [0.717, 1.165) is 4.90 Å². The molecular formula is C8H12N2O3. The molecule has 2 fully saturated rings. The molecule has 0 aromatic carbocycles. The number of amides is 2. The predicted molar refractivity (Wildman–Crippen MR) is 43.8 cm³/mol. The molecule has 5 nitrogen and oxygen atoms in total. The number of nitrogens with zero attached hydrogens (tertiary/aromatic N) is 2. The molecule has 0 aliphatic carbocycles. The van der Waals surface area contributed by atoms with Crippen molar-refractivity contribution in [2.45, 2.75) is 18.6 Å². The summed E-state index contributed by atoms with van der Waals surface area (Å²) in [5.41, 5.74) is 0. The Hall–Kier alpha value is -0.940. The molecule has 2 rings (SSSR count). The van der Waals surface area contributed by atoms with Crippen LogP contribution in [0.1, 0.15) is 6.42 Å². The third kappa shape index (κ3) is 1.24. The Morgan fingerprint density at radius 1 is 1.38 bits per heavy atom. The summed E-state index contributed by atoms with van der Waals surface area (Å²) in [6, 6.07) is -0.319. The molecule has 2 saturated heterocycles. The standard InChI is InChI=1S/C8H12N2O3/c1-9-7(12)2-6(8(9)13)10-3-5(11)4-10/h5-6,11H,2-4H2,1H3.